The third-order valence-corrected chi connectivity index (χ3v) is 4.15. The molecule has 2 rings (SSSR count). The minimum atomic E-state index is -0.848. The Bertz CT molecular complexity index is 567. The standard InChI is InChI=1S/C15H18O5/c1-8-9(4-5-16)13(18)11-7-15(2,14(19)20-3)6-10(11)12(8)17/h16H,4-7H2,1-3H3. The zero-order valence-corrected chi connectivity index (χ0v) is 11.9. The molecule has 0 saturated carbocycles. The Hall–Kier alpha value is -1.75. The quantitative estimate of drug-likeness (QED) is 0.618. The van der Waals surface area contributed by atoms with E-state index in [9.17, 15) is 14.4 Å². The number of hydrogen-bond donors (Lipinski definition) is 1. The topological polar surface area (TPSA) is 80.7 Å². The van der Waals surface area contributed by atoms with Gasteiger partial charge in [-0.2, -0.15) is 0 Å². The molecule has 0 amide bonds. The van der Waals surface area contributed by atoms with Gasteiger partial charge in [-0.3, -0.25) is 14.4 Å². The van der Waals surface area contributed by atoms with Gasteiger partial charge in [0.1, 0.15) is 0 Å². The molecular weight excluding hydrogens is 260 g/mol. The molecule has 0 aromatic heterocycles. The van der Waals surface area contributed by atoms with Gasteiger partial charge in [0.05, 0.1) is 12.5 Å². The molecule has 0 aromatic carbocycles. The van der Waals surface area contributed by atoms with E-state index in [-0.39, 0.29) is 37.4 Å². The summed E-state index contributed by atoms with van der Waals surface area (Å²) in [5.74, 6) is -0.802. The van der Waals surface area contributed by atoms with Crippen LogP contribution in [-0.2, 0) is 19.1 Å². The number of carbonyl (C=O) groups is 3. The Balaban J connectivity index is 2.38. The summed E-state index contributed by atoms with van der Waals surface area (Å²) in [6.07, 6.45) is 0.632. The smallest absolute Gasteiger partial charge is 0.312 e. The number of esters is 1. The van der Waals surface area contributed by atoms with Crippen molar-refractivity contribution in [3.05, 3.63) is 22.3 Å². The summed E-state index contributed by atoms with van der Waals surface area (Å²) < 4.78 is 4.77. The van der Waals surface area contributed by atoms with Crippen LogP contribution in [0.2, 0.25) is 0 Å². The number of rotatable bonds is 3. The first-order chi connectivity index (χ1) is 9.35. The van der Waals surface area contributed by atoms with Gasteiger partial charge in [-0.1, -0.05) is 0 Å². The minimum Gasteiger partial charge on any atom is -0.469 e. The zero-order chi connectivity index (χ0) is 15.1. The first kappa shape index (κ1) is 14.7. The van der Waals surface area contributed by atoms with Crippen LogP contribution < -0.4 is 0 Å². The van der Waals surface area contributed by atoms with Gasteiger partial charge in [-0.25, -0.2) is 0 Å². The average Bonchev–Trinajstić information content (AvgIpc) is 2.80. The molecule has 0 fully saturated rings. The molecule has 0 saturated heterocycles. The maximum Gasteiger partial charge on any atom is 0.312 e. The Morgan fingerprint density at radius 3 is 2.30 bits per heavy atom. The molecule has 5 heteroatoms. The Morgan fingerprint density at radius 1 is 1.25 bits per heavy atom. The van der Waals surface area contributed by atoms with Gasteiger partial charge in [0, 0.05) is 28.9 Å². The van der Waals surface area contributed by atoms with Crippen LogP contribution in [0.4, 0.5) is 0 Å². The first-order valence-electron chi connectivity index (χ1n) is 6.56. The monoisotopic (exact) mass is 278 g/mol. The molecule has 5 nitrogen and oxygen atoms in total. The van der Waals surface area contributed by atoms with E-state index in [1.807, 2.05) is 0 Å². The molecule has 0 bridgehead atoms. The molecule has 1 unspecified atom stereocenters. The first-order valence-corrected chi connectivity index (χ1v) is 6.56. The van der Waals surface area contributed by atoms with Crippen LogP contribution in [0.3, 0.4) is 0 Å². The van der Waals surface area contributed by atoms with Crippen molar-refractivity contribution in [2.45, 2.75) is 33.1 Å². The molecule has 2 aliphatic carbocycles. The largest absolute Gasteiger partial charge is 0.469 e. The predicted molar refractivity (Wildman–Crippen MR) is 70.8 cm³/mol. The van der Waals surface area contributed by atoms with Crippen molar-refractivity contribution in [3.8, 4) is 0 Å². The SMILES string of the molecule is COC(=O)C1(C)CC2=C(C1)C(=O)C(CCO)=C(C)C2=O. The van der Waals surface area contributed by atoms with Crippen LogP contribution in [0.15, 0.2) is 22.3 Å². The highest BCUT2D eigenvalue weighted by Gasteiger charge is 2.48. The van der Waals surface area contributed by atoms with Crippen molar-refractivity contribution < 1.29 is 24.2 Å². The molecule has 2 aliphatic rings. The molecule has 1 atom stereocenters. The fourth-order valence-electron chi connectivity index (χ4n) is 3.01. The summed E-state index contributed by atoms with van der Waals surface area (Å²) in [4.78, 5) is 36.6. The van der Waals surface area contributed by atoms with Gasteiger partial charge in [0.25, 0.3) is 0 Å². The lowest BCUT2D eigenvalue weighted by molar-refractivity contribution is -0.151. The van der Waals surface area contributed by atoms with Crippen LogP contribution in [0, 0.1) is 5.41 Å². The number of Topliss-reactive ketones (excluding diaryl/α,β-unsaturated/α-hetero) is 2. The van der Waals surface area contributed by atoms with E-state index in [1.165, 1.54) is 7.11 Å². The third-order valence-electron chi connectivity index (χ3n) is 4.15. The maximum absolute atomic E-state index is 12.4. The molecule has 1 N–H and O–H groups in total. The van der Waals surface area contributed by atoms with Gasteiger partial charge in [-0.15, -0.1) is 0 Å². The summed E-state index contributed by atoms with van der Waals surface area (Å²) in [6, 6.07) is 0. The van der Waals surface area contributed by atoms with E-state index in [0.717, 1.165) is 0 Å². The second-order valence-electron chi connectivity index (χ2n) is 5.60. The lowest BCUT2D eigenvalue weighted by atomic mass is 9.85. The molecule has 108 valence electrons. The summed E-state index contributed by atoms with van der Waals surface area (Å²) in [6.45, 7) is 3.13. The number of carbonyl (C=O) groups excluding carboxylic acids is 3. The van der Waals surface area contributed by atoms with E-state index in [2.05, 4.69) is 0 Å². The van der Waals surface area contributed by atoms with E-state index in [1.54, 1.807) is 13.8 Å². The highest BCUT2D eigenvalue weighted by atomic mass is 16.5. The van der Waals surface area contributed by atoms with E-state index < -0.39 is 11.4 Å². The highest BCUT2D eigenvalue weighted by molar-refractivity contribution is 6.26. The second-order valence-corrected chi connectivity index (χ2v) is 5.60. The van der Waals surface area contributed by atoms with E-state index in [0.29, 0.717) is 22.3 Å². The second kappa shape index (κ2) is 4.98. The van der Waals surface area contributed by atoms with Crippen LogP contribution in [0.5, 0.6) is 0 Å². The van der Waals surface area contributed by atoms with E-state index in [4.69, 9.17) is 9.84 Å². The van der Waals surface area contributed by atoms with Crippen molar-refractivity contribution in [1.82, 2.24) is 0 Å². The summed E-state index contributed by atoms with van der Waals surface area (Å²) in [5.41, 5.74) is 0.751. The number of ether oxygens (including phenoxy) is 1. The molecule has 0 radical (unpaired) electrons. The van der Waals surface area contributed by atoms with Crippen LogP contribution >= 0.6 is 0 Å². The lowest BCUT2D eigenvalue weighted by Gasteiger charge is -2.20. The number of aliphatic hydroxyl groups is 1. The van der Waals surface area contributed by atoms with Crippen molar-refractivity contribution in [2.24, 2.45) is 5.41 Å². The number of allylic oxidation sites excluding steroid dienone is 3. The molecule has 0 aromatic rings. The Kier molecular flexibility index (Phi) is 3.65. The zero-order valence-electron chi connectivity index (χ0n) is 11.9. The predicted octanol–water partition coefficient (Wildman–Crippen LogP) is 1.11. The summed E-state index contributed by atoms with van der Waals surface area (Å²) in [7, 11) is 1.30. The van der Waals surface area contributed by atoms with Crippen molar-refractivity contribution in [2.75, 3.05) is 13.7 Å². The lowest BCUT2D eigenvalue weighted by Crippen LogP contribution is -2.27. The maximum atomic E-state index is 12.4. The fourth-order valence-corrected chi connectivity index (χ4v) is 3.01. The van der Waals surface area contributed by atoms with E-state index >= 15 is 0 Å². The minimum absolute atomic E-state index is 0.169. The van der Waals surface area contributed by atoms with Gasteiger partial charge in [-0.05, 0) is 33.1 Å². The molecule has 20 heavy (non-hydrogen) atoms. The van der Waals surface area contributed by atoms with Crippen molar-refractivity contribution in [3.63, 3.8) is 0 Å². The van der Waals surface area contributed by atoms with Gasteiger partial charge in [0.2, 0.25) is 0 Å². The van der Waals surface area contributed by atoms with Gasteiger partial charge >= 0.3 is 5.97 Å². The van der Waals surface area contributed by atoms with Crippen molar-refractivity contribution in [1.29, 1.82) is 0 Å². The Labute approximate surface area is 117 Å². The molecular formula is C15H18O5. The third kappa shape index (κ3) is 2.02. The highest BCUT2D eigenvalue weighted by Crippen LogP contribution is 2.47. The summed E-state index contributed by atoms with van der Waals surface area (Å²) in [5, 5.41) is 9.02. The van der Waals surface area contributed by atoms with Gasteiger partial charge in [0.15, 0.2) is 11.6 Å². The Morgan fingerprint density at radius 2 is 1.80 bits per heavy atom. The fraction of sp³-hybridized carbons (Fsp3) is 0.533. The normalized spacial score (nSPS) is 26.2. The molecule has 0 spiro atoms. The summed E-state index contributed by atoms with van der Waals surface area (Å²) >= 11 is 0. The van der Waals surface area contributed by atoms with Gasteiger partial charge < -0.3 is 9.84 Å². The number of hydrogen-bond acceptors (Lipinski definition) is 5. The van der Waals surface area contributed by atoms with Crippen LogP contribution in [0.25, 0.3) is 0 Å². The average molecular weight is 278 g/mol. The number of methoxy groups -OCH3 is 1. The van der Waals surface area contributed by atoms with Crippen LogP contribution in [0.1, 0.15) is 33.1 Å². The van der Waals surface area contributed by atoms with Crippen molar-refractivity contribution >= 4 is 17.5 Å². The van der Waals surface area contributed by atoms with Crippen LogP contribution in [-0.4, -0.2) is 36.4 Å². The number of aliphatic hydroxyl groups excluding tert-OH is 1. The molecule has 0 heterocycles. The number of ketones is 2. The molecule has 0 aliphatic heterocycles.